The molecule has 3 aliphatic rings. The van der Waals surface area contributed by atoms with Crippen molar-refractivity contribution in [3.63, 3.8) is 0 Å². The Morgan fingerprint density at radius 2 is 2.04 bits per heavy atom. The van der Waals surface area contributed by atoms with E-state index in [-0.39, 0.29) is 11.5 Å². The zero-order valence-corrected chi connectivity index (χ0v) is 15.4. The fourth-order valence-electron chi connectivity index (χ4n) is 4.89. The van der Waals surface area contributed by atoms with E-state index in [2.05, 4.69) is 10.1 Å². The van der Waals surface area contributed by atoms with Gasteiger partial charge in [-0.05, 0) is 65.0 Å². The molecule has 0 aliphatic carbocycles. The number of likely N-dealkylation sites (tertiary alicyclic amines) is 2. The van der Waals surface area contributed by atoms with Gasteiger partial charge in [0, 0.05) is 19.6 Å². The standard InChI is InChI=1S/C19H29N3O3/c1-14-17(15(2)25-20-14)18(23)22-9-5-6-19(13-22)10-16(12-24-19)11-21-7-3-4-8-21/h16H,3-13H2,1-2H3/t16-,19+/m1/s1. The smallest absolute Gasteiger partial charge is 0.259 e. The molecule has 6 heteroatoms. The van der Waals surface area contributed by atoms with Crippen LogP contribution in [0.2, 0.25) is 0 Å². The van der Waals surface area contributed by atoms with E-state index in [1.54, 1.807) is 0 Å². The number of carbonyl (C=O) groups excluding carboxylic acids is 1. The Kier molecular flexibility index (Phi) is 4.58. The number of carbonyl (C=O) groups is 1. The average molecular weight is 347 g/mol. The Morgan fingerprint density at radius 1 is 1.24 bits per heavy atom. The molecule has 0 radical (unpaired) electrons. The molecule has 1 aromatic rings. The number of ether oxygens (including phenoxy) is 1. The Bertz CT molecular complexity index is 618. The van der Waals surface area contributed by atoms with Gasteiger partial charge in [-0.1, -0.05) is 5.16 Å². The lowest BCUT2D eigenvalue weighted by Crippen LogP contribution is -2.50. The van der Waals surface area contributed by atoms with Crippen LogP contribution in [0.4, 0.5) is 0 Å². The third-order valence-corrected chi connectivity index (χ3v) is 6.07. The minimum absolute atomic E-state index is 0.0434. The number of hydrogen-bond acceptors (Lipinski definition) is 5. The number of aryl methyl sites for hydroxylation is 2. The Morgan fingerprint density at radius 3 is 2.76 bits per heavy atom. The molecule has 3 aliphatic heterocycles. The van der Waals surface area contributed by atoms with Crippen LogP contribution in [0.25, 0.3) is 0 Å². The van der Waals surface area contributed by atoms with Crippen LogP contribution in [-0.2, 0) is 4.74 Å². The molecule has 25 heavy (non-hydrogen) atoms. The number of amides is 1. The molecule has 1 aromatic heterocycles. The molecule has 6 nitrogen and oxygen atoms in total. The van der Waals surface area contributed by atoms with Crippen molar-refractivity contribution < 1.29 is 14.1 Å². The topological polar surface area (TPSA) is 58.8 Å². The van der Waals surface area contributed by atoms with E-state index >= 15 is 0 Å². The second-order valence-corrected chi connectivity index (χ2v) is 8.10. The van der Waals surface area contributed by atoms with Gasteiger partial charge in [0.15, 0.2) is 0 Å². The molecule has 3 saturated heterocycles. The predicted octanol–water partition coefficient (Wildman–Crippen LogP) is 2.40. The summed E-state index contributed by atoms with van der Waals surface area (Å²) in [5, 5.41) is 3.93. The minimum atomic E-state index is -0.142. The fraction of sp³-hybridized carbons (Fsp3) is 0.789. The summed E-state index contributed by atoms with van der Waals surface area (Å²) < 4.78 is 11.5. The maximum atomic E-state index is 13.0. The van der Waals surface area contributed by atoms with E-state index in [9.17, 15) is 4.79 Å². The Balaban J connectivity index is 1.41. The van der Waals surface area contributed by atoms with Crippen molar-refractivity contribution >= 4 is 5.91 Å². The van der Waals surface area contributed by atoms with Crippen molar-refractivity contribution in [1.82, 2.24) is 15.0 Å². The van der Waals surface area contributed by atoms with Gasteiger partial charge in [-0.15, -0.1) is 0 Å². The molecule has 0 saturated carbocycles. The average Bonchev–Trinajstić information content (AvgIpc) is 3.31. The number of aromatic nitrogens is 1. The van der Waals surface area contributed by atoms with Crippen LogP contribution >= 0.6 is 0 Å². The van der Waals surface area contributed by atoms with Gasteiger partial charge in [-0.3, -0.25) is 4.79 Å². The molecule has 1 amide bonds. The van der Waals surface area contributed by atoms with Crippen molar-refractivity contribution in [2.75, 3.05) is 39.3 Å². The molecule has 0 aromatic carbocycles. The Labute approximate surface area is 149 Å². The van der Waals surface area contributed by atoms with Crippen molar-refractivity contribution in [1.29, 1.82) is 0 Å². The van der Waals surface area contributed by atoms with Crippen LogP contribution in [0.5, 0.6) is 0 Å². The summed E-state index contributed by atoms with van der Waals surface area (Å²) in [4.78, 5) is 17.5. The van der Waals surface area contributed by atoms with Gasteiger partial charge in [-0.25, -0.2) is 0 Å². The van der Waals surface area contributed by atoms with Crippen molar-refractivity contribution in [2.24, 2.45) is 5.92 Å². The van der Waals surface area contributed by atoms with Gasteiger partial charge in [0.05, 0.1) is 17.9 Å². The van der Waals surface area contributed by atoms with Crippen LogP contribution in [-0.4, -0.2) is 65.8 Å². The summed E-state index contributed by atoms with van der Waals surface area (Å²) in [7, 11) is 0. The molecule has 138 valence electrons. The third kappa shape index (κ3) is 3.34. The molecule has 0 unspecified atom stereocenters. The first-order valence-electron chi connectivity index (χ1n) is 9.65. The first kappa shape index (κ1) is 17.0. The zero-order valence-electron chi connectivity index (χ0n) is 15.4. The molecule has 0 bridgehead atoms. The van der Waals surface area contributed by atoms with Crippen LogP contribution in [0, 0.1) is 19.8 Å². The number of hydrogen-bond donors (Lipinski definition) is 0. The first-order chi connectivity index (χ1) is 12.1. The van der Waals surface area contributed by atoms with Gasteiger partial charge < -0.3 is 19.1 Å². The maximum absolute atomic E-state index is 13.0. The monoisotopic (exact) mass is 347 g/mol. The number of rotatable bonds is 3. The van der Waals surface area contributed by atoms with Gasteiger partial charge >= 0.3 is 0 Å². The SMILES string of the molecule is Cc1noc(C)c1C(=O)N1CCC[C@]2(C[C@H](CN3CCCC3)CO2)C1. The lowest BCUT2D eigenvalue weighted by Gasteiger charge is -2.40. The summed E-state index contributed by atoms with van der Waals surface area (Å²) in [6.07, 6.45) is 5.81. The van der Waals surface area contributed by atoms with Crippen molar-refractivity contribution in [3.8, 4) is 0 Å². The highest BCUT2D eigenvalue weighted by atomic mass is 16.5. The third-order valence-electron chi connectivity index (χ3n) is 6.07. The van der Waals surface area contributed by atoms with Crippen LogP contribution < -0.4 is 0 Å². The fourth-order valence-corrected chi connectivity index (χ4v) is 4.89. The lowest BCUT2D eigenvalue weighted by atomic mass is 9.86. The molecule has 2 atom stereocenters. The summed E-state index contributed by atoms with van der Waals surface area (Å²) in [6.45, 7) is 9.60. The van der Waals surface area contributed by atoms with Gasteiger partial charge in [0.2, 0.25) is 0 Å². The highest BCUT2D eigenvalue weighted by Crippen LogP contribution is 2.38. The molecular weight excluding hydrogens is 318 g/mol. The summed E-state index contributed by atoms with van der Waals surface area (Å²) in [5.41, 5.74) is 1.17. The highest BCUT2D eigenvalue weighted by Gasteiger charge is 2.45. The molecule has 4 rings (SSSR count). The normalized spacial score (nSPS) is 30.5. The van der Waals surface area contributed by atoms with Gasteiger partial charge in [0.25, 0.3) is 5.91 Å². The van der Waals surface area contributed by atoms with E-state index in [1.165, 1.54) is 25.9 Å². The predicted molar refractivity (Wildman–Crippen MR) is 93.6 cm³/mol. The van der Waals surface area contributed by atoms with Crippen LogP contribution in [0.3, 0.4) is 0 Å². The van der Waals surface area contributed by atoms with E-state index in [4.69, 9.17) is 9.26 Å². The van der Waals surface area contributed by atoms with Gasteiger partial charge in [-0.2, -0.15) is 0 Å². The Hall–Kier alpha value is -1.40. The molecule has 0 N–H and O–H groups in total. The van der Waals surface area contributed by atoms with E-state index in [0.29, 0.717) is 29.5 Å². The molecule has 1 spiro atoms. The van der Waals surface area contributed by atoms with Crippen LogP contribution in [0.15, 0.2) is 4.52 Å². The first-order valence-corrected chi connectivity index (χ1v) is 9.65. The van der Waals surface area contributed by atoms with Crippen molar-refractivity contribution in [2.45, 2.75) is 51.6 Å². The maximum Gasteiger partial charge on any atom is 0.259 e. The summed E-state index contributed by atoms with van der Waals surface area (Å²) >= 11 is 0. The largest absolute Gasteiger partial charge is 0.373 e. The van der Waals surface area contributed by atoms with E-state index < -0.39 is 0 Å². The lowest BCUT2D eigenvalue weighted by molar-refractivity contribution is -0.0451. The minimum Gasteiger partial charge on any atom is -0.373 e. The van der Waals surface area contributed by atoms with E-state index in [1.807, 2.05) is 18.7 Å². The second-order valence-electron chi connectivity index (χ2n) is 8.10. The number of nitrogens with zero attached hydrogens (tertiary/aromatic N) is 3. The van der Waals surface area contributed by atoms with E-state index in [0.717, 1.165) is 39.0 Å². The molecule has 3 fully saturated rings. The number of piperidine rings is 1. The van der Waals surface area contributed by atoms with Gasteiger partial charge in [0.1, 0.15) is 11.3 Å². The zero-order chi connectivity index (χ0) is 17.4. The molecule has 4 heterocycles. The summed E-state index contributed by atoms with van der Waals surface area (Å²) in [5.74, 6) is 1.26. The van der Waals surface area contributed by atoms with Crippen LogP contribution in [0.1, 0.15) is 53.9 Å². The summed E-state index contributed by atoms with van der Waals surface area (Å²) in [6, 6.07) is 0. The quantitative estimate of drug-likeness (QED) is 0.840. The highest BCUT2D eigenvalue weighted by molar-refractivity contribution is 5.96. The van der Waals surface area contributed by atoms with Crippen molar-refractivity contribution in [3.05, 3.63) is 17.0 Å². The second kappa shape index (κ2) is 6.72. The molecular formula is C19H29N3O3.